The molecule has 39 heavy (non-hydrogen) atoms. The fourth-order valence-corrected chi connectivity index (χ4v) is 4.77. The smallest absolute Gasteiger partial charge is 0.137 e. The molecule has 3 aromatic heterocycles. The molecule has 6 aromatic rings. The SMILES string of the molecule is COc1cncc(-c2ccc3[nH]nc(-c4cc5c(-c6cc(F)cc(OCCN(C)C)c6)cccc5[nH]4)c3c2)c1. The van der Waals surface area contributed by atoms with E-state index in [1.54, 1.807) is 19.4 Å². The standard InChI is InChI=1S/C31H28FN5O2/c1-37(2)9-10-39-23-12-20(11-22(32)15-23)25-5-4-6-28-26(25)16-30(34-28)31-27-14-19(7-8-29(27)35-36-31)21-13-24(38-3)18-33-17-21/h4-8,11-18,34H,9-10H2,1-3H3,(H,35,36). The highest BCUT2D eigenvalue weighted by Gasteiger charge is 2.15. The van der Waals surface area contributed by atoms with Gasteiger partial charge >= 0.3 is 0 Å². The van der Waals surface area contributed by atoms with E-state index in [1.165, 1.54) is 6.07 Å². The van der Waals surface area contributed by atoms with Gasteiger partial charge in [0.2, 0.25) is 0 Å². The zero-order chi connectivity index (χ0) is 26.9. The third kappa shape index (κ3) is 4.94. The van der Waals surface area contributed by atoms with Crippen LogP contribution in [0.15, 0.2) is 79.1 Å². The highest BCUT2D eigenvalue weighted by molar-refractivity contribution is 6.02. The molecular formula is C31H28FN5O2. The van der Waals surface area contributed by atoms with Crippen molar-refractivity contribution in [2.75, 3.05) is 34.4 Å². The number of pyridine rings is 1. The molecular weight excluding hydrogens is 493 g/mol. The minimum atomic E-state index is -0.335. The molecule has 0 spiro atoms. The molecule has 0 aliphatic rings. The maximum atomic E-state index is 14.6. The number of benzene rings is 3. The van der Waals surface area contributed by atoms with Crippen molar-refractivity contribution in [3.05, 3.63) is 84.9 Å². The number of hydrogen-bond acceptors (Lipinski definition) is 5. The maximum Gasteiger partial charge on any atom is 0.137 e. The normalized spacial score (nSPS) is 11.5. The van der Waals surface area contributed by atoms with Gasteiger partial charge in [0.1, 0.15) is 29.6 Å². The fourth-order valence-electron chi connectivity index (χ4n) is 4.77. The summed E-state index contributed by atoms with van der Waals surface area (Å²) < 4.78 is 25.8. The number of fused-ring (bicyclic) bond motifs is 2. The third-order valence-corrected chi connectivity index (χ3v) is 6.75. The van der Waals surface area contributed by atoms with Crippen LogP contribution in [0.25, 0.3) is 55.4 Å². The highest BCUT2D eigenvalue weighted by Crippen LogP contribution is 2.36. The van der Waals surface area contributed by atoms with Crippen molar-refractivity contribution in [3.8, 4) is 45.1 Å². The number of aromatic nitrogens is 4. The summed E-state index contributed by atoms with van der Waals surface area (Å²) in [6.07, 6.45) is 3.50. The van der Waals surface area contributed by atoms with E-state index in [9.17, 15) is 4.39 Å². The molecule has 3 aromatic carbocycles. The summed E-state index contributed by atoms with van der Waals surface area (Å²) in [6.45, 7) is 1.23. The van der Waals surface area contributed by atoms with Gasteiger partial charge in [0, 0.05) is 40.7 Å². The van der Waals surface area contributed by atoms with Gasteiger partial charge in [-0.1, -0.05) is 18.2 Å². The van der Waals surface area contributed by atoms with Crippen LogP contribution in [-0.4, -0.2) is 59.4 Å². The Morgan fingerprint density at radius 1 is 0.846 bits per heavy atom. The fraction of sp³-hybridized carbons (Fsp3) is 0.161. The lowest BCUT2D eigenvalue weighted by molar-refractivity contribution is 0.260. The predicted octanol–water partition coefficient (Wildman–Crippen LogP) is 6.53. The van der Waals surface area contributed by atoms with Crippen molar-refractivity contribution >= 4 is 21.8 Å². The monoisotopic (exact) mass is 521 g/mol. The van der Waals surface area contributed by atoms with Crippen LogP contribution >= 0.6 is 0 Å². The molecule has 2 N–H and O–H groups in total. The molecule has 0 aliphatic heterocycles. The van der Waals surface area contributed by atoms with Crippen LogP contribution in [0.1, 0.15) is 0 Å². The second-order valence-electron chi connectivity index (χ2n) is 9.72. The van der Waals surface area contributed by atoms with Crippen molar-refractivity contribution in [2.24, 2.45) is 0 Å². The van der Waals surface area contributed by atoms with E-state index < -0.39 is 0 Å². The third-order valence-electron chi connectivity index (χ3n) is 6.75. The maximum absolute atomic E-state index is 14.6. The topological polar surface area (TPSA) is 79.1 Å². The summed E-state index contributed by atoms with van der Waals surface area (Å²) >= 11 is 0. The van der Waals surface area contributed by atoms with E-state index in [2.05, 4.69) is 32.3 Å². The highest BCUT2D eigenvalue weighted by atomic mass is 19.1. The van der Waals surface area contributed by atoms with E-state index in [1.807, 2.05) is 67.7 Å². The van der Waals surface area contributed by atoms with Crippen molar-refractivity contribution in [3.63, 3.8) is 0 Å². The molecule has 8 heteroatoms. The summed E-state index contributed by atoms with van der Waals surface area (Å²) in [7, 11) is 5.58. The largest absolute Gasteiger partial charge is 0.495 e. The van der Waals surface area contributed by atoms with Crippen LogP contribution in [0.3, 0.4) is 0 Å². The van der Waals surface area contributed by atoms with E-state index in [0.717, 1.165) is 62.0 Å². The summed E-state index contributed by atoms with van der Waals surface area (Å²) in [5.41, 5.74) is 7.16. The Morgan fingerprint density at radius 2 is 1.72 bits per heavy atom. The number of aromatic amines is 2. The lowest BCUT2D eigenvalue weighted by Gasteiger charge is -2.12. The van der Waals surface area contributed by atoms with Crippen LogP contribution in [0.5, 0.6) is 11.5 Å². The zero-order valence-electron chi connectivity index (χ0n) is 22.0. The summed E-state index contributed by atoms with van der Waals surface area (Å²) in [6, 6.07) is 21.0. The van der Waals surface area contributed by atoms with Gasteiger partial charge in [-0.05, 0) is 73.3 Å². The van der Waals surface area contributed by atoms with Gasteiger partial charge in [-0.3, -0.25) is 10.1 Å². The van der Waals surface area contributed by atoms with E-state index >= 15 is 0 Å². The molecule has 0 atom stereocenters. The summed E-state index contributed by atoms with van der Waals surface area (Å²) in [5, 5.41) is 9.72. The second-order valence-corrected chi connectivity index (χ2v) is 9.72. The Labute approximate surface area is 225 Å². The lowest BCUT2D eigenvalue weighted by Crippen LogP contribution is -2.19. The molecule has 0 fully saturated rings. The summed E-state index contributed by atoms with van der Waals surface area (Å²) in [5.74, 6) is 0.877. The van der Waals surface area contributed by atoms with Crippen LogP contribution < -0.4 is 9.47 Å². The van der Waals surface area contributed by atoms with Gasteiger partial charge in [-0.15, -0.1) is 0 Å². The molecule has 196 valence electrons. The molecule has 0 radical (unpaired) electrons. The second kappa shape index (κ2) is 10.2. The van der Waals surface area contributed by atoms with Crippen molar-refractivity contribution in [2.45, 2.75) is 0 Å². The molecule has 0 bridgehead atoms. The van der Waals surface area contributed by atoms with E-state index in [-0.39, 0.29) is 5.82 Å². The van der Waals surface area contributed by atoms with Gasteiger partial charge < -0.3 is 19.4 Å². The van der Waals surface area contributed by atoms with Gasteiger partial charge in [-0.2, -0.15) is 5.10 Å². The minimum Gasteiger partial charge on any atom is -0.495 e. The minimum absolute atomic E-state index is 0.335. The predicted molar refractivity (Wildman–Crippen MR) is 153 cm³/mol. The van der Waals surface area contributed by atoms with Gasteiger partial charge in [0.15, 0.2) is 0 Å². The number of methoxy groups -OCH3 is 1. The molecule has 0 amide bonds. The Hall–Kier alpha value is -4.69. The van der Waals surface area contributed by atoms with Crippen LogP contribution in [-0.2, 0) is 0 Å². The van der Waals surface area contributed by atoms with Crippen molar-refractivity contribution in [1.82, 2.24) is 25.1 Å². The molecule has 6 rings (SSSR count). The average molecular weight is 522 g/mol. The number of likely N-dealkylation sites (N-methyl/N-ethyl adjacent to an activating group) is 1. The van der Waals surface area contributed by atoms with Crippen LogP contribution in [0.4, 0.5) is 4.39 Å². The van der Waals surface area contributed by atoms with Gasteiger partial charge in [0.25, 0.3) is 0 Å². The average Bonchev–Trinajstić information content (AvgIpc) is 3.56. The Morgan fingerprint density at radius 3 is 2.56 bits per heavy atom. The van der Waals surface area contributed by atoms with Gasteiger partial charge in [-0.25, -0.2) is 4.39 Å². The Balaban J connectivity index is 1.40. The number of nitrogens with one attached hydrogen (secondary N) is 2. The first kappa shape index (κ1) is 24.6. The van der Waals surface area contributed by atoms with E-state index in [0.29, 0.717) is 18.1 Å². The first-order valence-corrected chi connectivity index (χ1v) is 12.7. The first-order valence-electron chi connectivity index (χ1n) is 12.7. The zero-order valence-corrected chi connectivity index (χ0v) is 22.0. The van der Waals surface area contributed by atoms with Crippen LogP contribution in [0, 0.1) is 5.82 Å². The quantitative estimate of drug-likeness (QED) is 0.238. The Bertz CT molecular complexity index is 1790. The molecule has 0 unspecified atom stereocenters. The van der Waals surface area contributed by atoms with Crippen molar-refractivity contribution < 1.29 is 13.9 Å². The molecule has 3 heterocycles. The van der Waals surface area contributed by atoms with Crippen LogP contribution in [0.2, 0.25) is 0 Å². The number of halogens is 1. The number of hydrogen-bond donors (Lipinski definition) is 2. The number of ether oxygens (including phenoxy) is 2. The molecule has 0 aliphatic carbocycles. The Kier molecular flexibility index (Phi) is 6.46. The van der Waals surface area contributed by atoms with Gasteiger partial charge in [0.05, 0.1) is 24.5 Å². The van der Waals surface area contributed by atoms with E-state index in [4.69, 9.17) is 9.47 Å². The molecule has 0 saturated heterocycles. The first-order chi connectivity index (χ1) is 19.0. The molecule has 0 saturated carbocycles. The lowest BCUT2D eigenvalue weighted by atomic mass is 10.0. The van der Waals surface area contributed by atoms with Crippen molar-refractivity contribution in [1.29, 1.82) is 0 Å². The molecule has 7 nitrogen and oxygen atoms in total. The number of rotatable bonds is 8. The number of nitrogens with zero attached hydrogens (tertiary/aromatic N) is 3. The number of H-pyrrole nitrogens is 2. The summed E-state index contributed by atoms with van der Waals surface area (Å²) in [4.78, 5) is 9.83.